The first kappa shape index (κ1) is 12.5. The fourth-order valence-corrected chi connectivity index (χ4v) is 1.40. The molecule has 1 aromatic carbocycles. The van der Waals surface area contributed by atoms with Gasteiger partial charge in [0.25, 0.3) is 0 Å². The summed E-state index contributed by atoms with van der Waals surface area (Å²) in [7, 11) is 0. The maximum atomic E-state index is 10.2. The highest BCUT2D eigenvalue weighted by Crippen LogP contribution is 2.21. The predicted octanol–water partition coefficient (Wildman–Crippen LogP) is 3.30. The minimum atomic E-state index is -0.349. The van der Waals surface area contributed by atoms with Crippen molar-refractivity contribution in [3.8, 4) is 0 Å². The first-order valence-electron chi connectivity index (χ1n) is 4.45. The first-order chi connectivity index (χ1) is 7.13. The molecule has 81 valence electrons. The minimum absolute atomic E-state index is 0.276. The summed E-state index contributed by atoms with van der Waals surface area (Å²) in [4.78, 5) is 10.2. The summed E-state index contributed by atoms with van der Waals surface area (Å²) in [5.41, 5.74) is 0.795. The van der Waals surface area contributed by atoms with E-state index in [-0.39, 0.29) is 12.5 Å². The van der Waals surface area contributed by atoms with Crippen LogP contribution in [0.15, 0.2) is 18.2 Å². The van der Waals surface area contributed by atoms with Crippen LogP contribution in [-0.2, 0) is 16.1 Å². The number of benzene rings is 1. The van der Waals surface area contributed by atoms with Crippen molar-refractivity contribution < 1.29 is 9.53 Å². The van der Waals surface area contributed by atoms with E-state index in [9.17, 15) is 4.79 Å². The van der Waals surface area contributed by atoms with Gasteiger partial charge in [-0.1, -0.05) is 23.2 Å². The fourth-order valence-electron chi connectivity index (χ4n) is 1.04. The lowest BCUT2D eigenvalue weighted by molar-refractivity contribution is -0.109. The number of halogens is 2. The molecule has 0 heterocycles. The van der Waals surface area contributed by atoms with Crippen LogP contribution in [0, 0.1) is 6.92 Å². The molecule has 0 saturated carbocycles. The number of carbonyl (C=O) groups is 1. The first-order valence-corrected chi connectivity index (χ1v) is 5.21. The highest BCUT2D eigenvalue weighted by Gasteiger charge is 2.05. The lowest BCUT2D eigenvalue weighted by atomic mass is 10.2. The summed E-state index contributed by atoms with van der Waals surface area (Å²) in [5, 5.41) is 1.20. The molecule has 2 nitrogen and oxygen atoms in total. The second kappa shape index (κ2) is 6.11. The van der Waals surface area contributed by atoms with Gasteiger partial charge >= 0.3 is 0 Å². The highest BCUT2D eigenvalue weighted by molar-refractivity contribution is 6.33. The number of rotatable bonds is 5. The lowest BCUT2D eigenvalue weighted by Crippen LogP contribution is -2.09. The minimum Gasteiger partial charge on any atom is -0.373 e. The van der Waals surface area contributed by atoms with Crippen molar-refractivity contribution in [2.75, 3.05) is 0 Å². The number of carbonyl (C=O) groups excluding carboxylic acids is 1. The molecule has 0 bridgehead atoms. The molecule has 0 fully saturated rings. The van der Waals surface area contributed by atoms with E-state index in [1.54, 1.807) is 18.2 Å². The third-order valence-electron chi connectivity index (χ3n) is 1.84. The second-order valence-electron chi connectivity index (χ2n) is 3.07. The van der Waals surface area contributed by atoms with Crippen molar-refractivity contribution in [3.63, 3.8) is 0 Å². The number of ether oxygens (including phenoxy) is 1. The number of hydrogen-bond acceptors (Lipinski definition) is 2. The van der Waals surface area contributed by atoms with Gasteiger partial charge < -0.3 is 9.53 Å². The third kappa shape index (κ3) is 4.20. The Morgan fingerprint density at radius 2 is 2.20 bits per heavy atom. The van der Waals surface area contributed by atoms with E-state index >= 15 is 0 Å². The average molecular weight is 246 g/mol. The van der Waals surface area contributed by atoms with Gasteiger partial charge in [-0.2, -0.15) is 0 Å². The molecule has 1 rings (SSSR count). The maximum absolute atomic E-state index is 10.2. The molecule has 0 aromatic heterocycles. The largest absolute Gasteiger partial charge is 0.373 e. The Bertz CT molecular complexity index is 339. The van der Waals surface area contributed by atoms with Gasteiger partial charge in [0, 0.05) is 16.5 Å². The van der Waals surface area contributed by atoms with Gasteiger partial charge in [0.2, 0.25) is 0 Å². The standard InChI is InChI=1S/C11H11Cl2O2/c1-8(4-5-14)15-7-9-6-10(12)2-3-11(9)13/h2-3,5-6,8H,1,4,7H2. The van der Waals surface area contributed by atoms with Crippen LogP contribution in [0.1, 0.15) is 12.0 Å². The van der Waals surface area contributed by atoms with Gasteiger partial charge in [-0.25, -0.2) is 0 Å². The van der Waals surface area contributed by atoms with E-state index in [2.05, 4.69) is 6.92 Å². The number of aldehydes is 1. The van der Waals surface area contributed by atoms with Gasteiger partial charge in [0.15, 0.2) is 0 Å². The quantitative estimate of drug-likeness (QED) is 0.745. The molecule has 15 heavy (non-hydrogen) atoms. The van der Waals surface area contributed by atoms with E-state index in [0.29, 0.717) is 16.7 Å². The van der Waals surface area contributed by atoms with Gasteiger partial charge in [0.05, 0.1) is 12.7 Å². The van der Waals surface area contributed by atoms with Crippen molar-refractivity contribution in [1.82, 2.24) is 0 Å². The van der Waals surface area contributed by atoms with Crippen molar-refractivity contribution in [1.29, 1.82) is 0 Å². The second-order valence-corrected chi connectivity index (χ2v) is 3.91. The van der Waals surface area contributed by atoms with E-state index in [1.807, 2.05) is 0 Å². The Kier molecular flexibility index (Phi) is 5.09. The molecule has 1 atom stereocenters. The molecule has 0 aliphatic rings. The van der Waals surface area contributed by atoms with Crippen molar-refractivity contribution >= 4 is 29.5 Å². The summed E-state index contributed by atoms with van der Waals surface area (Å²) in [6, 6.07) is 5.15. The maximum Gasteiger partial charge on any atom is 0.122 e. The van der Waals surface area contributed by atoms with E-state index < -0.39 is 0 Å². The van der Waals surface area contributed by atoms with Crippen LogP contribution in [0.5, 0.6) is 0 Å². The SMILES string of the molecule is [CH2]C(CC=O)OCc1cc(Cl)ccc1Cl. The van der Waals surface area contributed by atoms with Crippen molar-refractivity contribution in [2.24, 2.45) is 0 Å². The zero-order chi connectivity index (χ0) is 11.3. The third-order valence-corrected chi connectivity index (χ3v) is 2.45. The molecular formula is C11H11Cl2O2. The molecule has 1 unspecified atom stereocenters. The van der Waals surface area contributed by atoms with Gasteiger partial charge in [0.1, 0.15) is 6.29 Å². The summed E-state index contributed by atoms with van der Waals surface area (Å²) >= 11 is 11.7. The van der Waals surface area contributed by atoms with Crippen LogP contribution in [0.25, 0.3) is 0 Å². The molecule has 1 radical (unpaired) electrons. The molecular weight excluding hydrogens is 235 g/mol. The zero-order valence-corrected chi connectivity index (χ0v) is 9.59. The molecule has 0 spiro atoms. The molecule has 4 heteroatoms. The van der Waals surface area contributed by atoms with Crippen LogP contribution < -0.4 is 0 Å². The Morgan fingerprint density at radius 3 is 2.87 bits per heavy atom. The average Bonchev–Trinajstić information content (AvgIpc) is 2.20. The normalized spacial score (nSPS) is 12.5. The number of hydrogen-bond donors (Lipinski definition) is 0. The van der Waals surface area contributed by atoms with E-state index in [1.165, 1.54) is 0 Å². The molecule has 0 aliphatic heterocycles. The summed E-state index contributed by atoms with van der Waals surface area (Å²) in [6.45, 7) is 3.97. The Labute approximate surface area is 99.1 Å². The van der Waals surface area contributed by atoms with Gasteiger partial charge in [-0.15, -0.1) is 0 Å². The van der Waals surface area contributed by atoms with E-state index in [0.717, 1.165) is 11.8 Å². The van der Waals surface area contributed by atoms with Crippen LogP contribution in [0.3, 0.4) is 0 Å². The molecule has 1 aromatic rings. The van der Waals surface area contributed by atoms with Crippen LogP contribution in [-0.4, -0.2) is 12.4 Å². The van der Waals surface area contributed by atoms with Gasteiger partial charge in [-0.3, -0.25) is 0 Å². The smallest absolute Gasteiger partial charge is 0.122 e. The summed E-state index contributed by atoms with van der Waals surface area (Å²) < 4.78 is 5.32. The molecule has 0 amide bonds. The van der Waals surface area contributed by atoms with E-state index in [4.69, 9.17) is 27.9 Å². The summed E-state index contributed by atoms with van der Waals surface area (Å²) in [6.07, 6.45) is 0.702. The van der Waals surface area contributed by atoms with Crippen LogP contribution in [0.4, 0.5) is 0 Å². The lowest BCUT2D eigenvalue weighted by Gasteiger charge is -2.11. The molecule has 0 N–H and O–H groups in total. The zero-order valence-electron chi connectivity index (χ0n) is 8.08. The predicted molar refractivity (Wildman–Crippen MR) is 61.1 cm³/mol. The highest BCUT2D eigenvalue weighted by atomic mass is 35.5. The Hall–Kier alpha value is -0.570. The Morgan fingerprint density at radius 1 is 1.47 bits per heavy atom. The molecule has 0 saturated heterocycles. The monoisotopic (exact) mass is 245 g/mol. The van der Waals surface area contributed by atoms with Crippen LogP contribution >= 0.6 is 23.2 Å². The fraction of sp³-hybridized carbons (Fsp3) is 0.273. The Balaban J connectivity index is 2.56. The topological polar surface area (TPSA) is 26.3 Å². The van der Waals surface area contributed by atoms with Crippen LogP contribution in [0.2, 0.25) is 10.0 Å². The molecule has 0 aliphatic carbocycles. The van der Waals surface area contributed by atoms with Crippen molar-refractivity contribution in [2.45, 2.75) is 19.1 Å². The van der Waals surface area contributed by atoms with Crippen molar-refractivity contribution in [3.05, 3.63) is 40.7 Å². The van der Waals surface area contributed by atoms with Gasteiger partial charge in [-0.05, 0) is 30.7 Å². The summed E-state index contributed by atoms with van der Waals surface area (Å²) in [5.74, 6) is 0.